The minimum absolute atomic E-state index is 0.135. The highest BCUT2D eigenvalue weighted by atomic mass is 32.2. The molecule has 0 saturated carbocycles. The van der Waals surface area contributed by atoms with Gasteiger partial charge >= 0.3 is 0 Å². The Morgan fingerprint density at radius 1 is 1.03 bits per heavy atom. The van der Waals surface area contributed by atoms with Crippen LogP contribution in [0.25, 0.3) is 30.9 Å². The number of benzene rings is 3. The standard InChI is InChI=1S/C22H23NO4S2/c1-22(13-24,14-27-29(2,25)26)23-12-15-11-19-17-8-5-6-10-20(17)28-21(19)18-9-4-3-7-16(15)18/h3-11,23-24H,12-14H2,1-2H3. The third kappa shape index (κ3) is 4.15. The summed E-state index contributed by atoms with van der Waals surface area (Å²) < 4.78 is 30.1. The molecule has 0 fully saturated rings. The fourth-order valence-corrected chi connectivity index (χ4v) is 5.16. The Bertz CT molecular complexity index is 1300. The first-order valence-corrected chi connectivity index (χ1v) is 12.0. The van der Waals surface area contributed by atoms with Crippen LogP contribution in [0, 0.1) is 0 Å². The normalized spacial score (nSPS) is 14.6. The van der Waals surface area contributed by atoms with E-state index >= 15 is 0 Å². The molecule has 5 nitrogen and oxygen atoms in total. The minimum Gasteiger partial charge on any atom is -0.394 e. The fraction of sp³-hybridized carbons (Fsp3) is 0.273. The van der Waals surface area contributed by atoms with Crippen LogP contribution < -0.4 is 5.32 Å². The Hall–Kier alpha value is -2.03. The third-order valence-electron chi connectivity index (χ3n) is 5.12. The first-order valence-electron chi connectivity index (χ1n) is 9.32. The number of hydrogen-bond acceptors (Lipinski definition) is 6. The van der Waals surface area contributed by atoms with E-state index < -0.39 is 15.7 Å². The Labute approximate surface area is 174 Å². The van der Waals surface area contributed by atoms with Crippen LogP contribution in [0.3, 0.4) is 0 Å². The van der Waals surface area contributed by atoms with Crippen molar-refractivity contribution in [2.24, 2.45) is 0 Å². The van der Waals surface area contributed by atoms with Crippen molar-refractivity contribution >= 4 is 52.4 Å². The van der Waals surface area contributed by atoms with Crippen molar-refractivity contribution in [3.05, 3.63) is 60.2 Å². The molecule has 4 rings (SSSR count). The molecule has 1 aromatic heterocycles. The topological polar surface area (TPSA) is 75.6 Å². The number of hydrogen-bond donors (Lipinski definition) is 2. The van der Waals surface area contributed by atoms with E-state index in [0.29, 0.717) is 6.54 Å². The van der Waals surface area contributed by atoms with Gasteiger partial charge in [0.15, 0.2) is 0 Å². The predicted octanol–water partition coefficient (Wildman–Crippen LogP) is 4.02. The van der Waals surface area contributed by atoms with Crippen molar-refractivity contribution in [2.45, 2.75) is 19.0 Å². The van der Waals surface area contributed by atoms with Crippen LogP contribution in [0.5, 0.6) is 0 Å². The molecule has 1 heterocycles. The molecule has 3 aromatic carbocycles. The molecule has 29 heavy (non-hydrogen) atoms. The maximum Gasteiger partial charge on any atom is 0.264 e. The number of aliphatic hydroxyl groups excluding tert-OH is 1. The van der Waals surface area contributed by atoms with Crippen LogP contribution in [-0.4, -0.2) is 38.5 Å². The number of aliphatic hydroxyl groups is 1. The molecular formula is C22H23NO4S2. The summed E-state index contributed by atoms with van der Waals surface area (Å²) in [5.74, 6) is 0. The Morgan fingerprint density at radius 2 is 1.69 bits per heavy atom. The fourth-order valence-electron chi connectivity index (χ4n) is 3.47. The van der Waals surface area contributed by atoms with E-state index in [1.807, 2.05) is 18.2 Å². The van der Waals surface area contributed by atoms with Crippen LogP contribution in [0.1, 0.15) is 12.5 Å². The van der Waals surface area contributed by atoms with Crippen molar-refractivity contribution in [3.63, 3.8) is 0 Å². The quantitative estimate of drug-likeness (QED) is 0.434. The molecule has 1 atom stereocenters. The molecule has 0 aliphatic rings. The molecule has 152 valence electrons. The highest BCUT2D eigenvalue weighted by Gasteiger charge is 2.25. The van der Waals surface area contributed by atoms with E-state index in [0.717, 1.165) is 17.2 Å². The second kappa shape index (κ2) is 7.66. The van der Waals surface area contributed by atoms with Crippen LogP contribution in [0.4, 0.5) is 0 Å². The van der Waals surface area contributed by atoms with Gasteiger partial charge in [-0.05, 0) is 35.4 Å². The average Bonchev–Trinajstić information content (AvgIpc) is 3.09. The van der Waals surface area contributed by atoms with E-state index in [1.165, 1.54) is 25.6 Å². The second-order valence-electron chi connectivity index (χ2n) is 7.59. The van der Waals surface area contributed by atoms with Crippen molar-refractivity contribution in [1.82, 2.24) is 5.32 Å². The predicted molar refractivity (Wildman–Crippen MR) is 120 cm³/mol. The average molecular weight is 430 g/mol. The number of fused-ring (bicyclic) bond motifs is 5. The summed E-state index contributed by atoms with van der Waals surface area (Å²) in [6.07, 6.45) is 1.01. The Balaban J connectivity index is 1.75. The lowest BCUT2D eigenvalue weighted by Crippen LogP contribution is -2.49. The van der Waals surface area contributed by atoms with Crippen LogP contribution in [-0.2, 0) is 20.8 Å². The van der Waals surface area contributed by atoms with E-state index in [4.69, 9.17) is 4.18 Å². The van der Waals surface area contributed by atoms with Crippen LogP contribution in [0.2, 0.25) is 0 Å². The van der Waals surface area contributed by atoms with Gasteiger partial charge in [-0.25, -0.2) is 0 Å². The van der Waals surface area contributed by atoms with Gasteiger partial charge in [-0.1, -0.05) is 42.5 Å². The van der Waals surface area contributed by atoms with Gasteiger partial charge in [-0.3, -0.25) is 4.18 Å². The van der Waals surface area contributed by atoms with E-state index in [9.17, 15) is 13.5 Å². The molecule has 4 aromatic rings. The lowest BCUT2D eigenvalue weighted by molar-refractivity contribution is 0.118. The molecule has 0 bridgehead atoms. The first kappa shape index (κ1) is 20.3. The SMILES string of the molecule is CC(CO)(COS(C)(=O)=O)NCc1cc2c3ccccc3sc2c2ccccc12. The third-order valence-corrected chi connectivity index (χ3v) is 6.88. The zero-order valence-electron chi connectivity index (χ0n) is 16.3. The lowest BCUT2D eigenvalue weighted by Gasteiger charge is -2.28. The molecule has 1 unspecified atom stereocenters. The smallest absolute Gasteiger partial charge is 0.264 e. The zero-order chi connectivity index (χ0) is 20.6. The summed E-state index contributed by atoms with van der Waals surface area (Å²) in [6, 6.07) is 18.9. The maximum atomic E-state index is 11.4. The van der Waals surface area contributed by atoms with Crippen molar-refractivity contribution in [2.75, 3.05) is 19.5 Å². The van der Waals surface area contributed by atoms with Crippen molar-refractivity contribution in [1.29, 1.82) is 0 Å². The van der Waals surface area contributed by atoms with Gasteiger partial charge in [-0.2, -0.15) is 8.42 Å². The summed E-state index contributed by atoms with van der Waals surface area (Å²) >= 11 is 1.79. The molecular weight excluding hydrogens is 406 g/mol. The summed E-state index contributed by atoms with van der Waals surface area (Å²) in [4.78, 5) is 0. The molecule has 2 N–H and O–H groups in total. The van der Waals surface area contributed by atoms with E-state index in [1.54, 1.807) is 18.3 Å². The van der Waals surface area contributed by atoms with E-state index in [2.05, 4.69) is 41.7 Å². The molecule has 0 saturated heterocycles. The first-order chi connectivity index (χ1) is 13.8. The summed E-state index contributed by atoms with van der Waals surface area (Å²) in [5.41, 5.74) is 0.214. The second-order valence-corrected chi connectivity index (χ2v) is 10.3. The van der Waals surface area contributed by atoms with Gasteiger partial charge in [0, 0.05) is 26.7 Å². The minimum atomic E-state index is -3.58. The Kier molecular flexibility index (Phi) is 5.35. The summed E-state index contributed by atoms with van der Waals surface area (Å²) in [7, 11) is -3.58. The molecule has 7 heteroatoms. The van der Waals surface area contributed by atoms with Gasteiger partial charge in [0.1, 0.15) is 0 Å². The van der Waals surface area contributed by atoms with Gasteiger partial charge in [0.2, 0.25) is 0 Å². The monoisotopic (exact) mass is 429 g/mol. The Morgan fingerprint density at radius 3 is 2.38 bits per heavy atom. The molecule has 0 aliphatic heterocycles. The molecule has 0 aliphatic carbocycles. The van der Waals surface area contributed by atoms with Gasteiger partial charge in [0.25, 0.3) is 10.1 Å². The van der Waals surface area contributed by atoms with Crippen molar-refractivity contribution in [3.8, 4) is 0 Å². The van der Waals surface area contributed by atoms with Crippen molar-refractivity contribution < 1.29 is 17.7 Å². The van der Waals surface area contributed by atoms with Gasteiger partial charge < -0.3 is 10.4 Å². The van der Waals surface area contributed by atoms with Crippen LogP contribution in [0.15, 0.2) is 54.6 Å². The highest BCUT2D eigenvalue weighted by Crippen LogP contribution is 2.39. The van der Waals surface area contributed by atoms with Gasteiger partial charge in [-0.15, -0.1) is 11.3 Å². The molecule has 0 spiro atoms. The molecule has 0 radical (unpaired) electrons. The molecule has 0 amide bonds. The highest BCUT2D eigenvalue weighted by molar-refractivity contribution is 7.85. The van der Waals surface area contributed by atoms with E-state index in [-0.39, 0.29) is 13.2 Å². The zero-order valence-corrected chi connectivity index (χ0v) is 17.9. The van der Waals surface area contributed by atoms with Gasteiger partial charge in [0.05, 0.1) is 25.0 Å². The van der Waals surface area contributed by atoms with Crippen LogP contribution >= 0.6 is 11.3 Å². The maximum absolute atomic E-state index is 11.4. The number of nitrogens with one attached hydrogen (secondary N) is 1. The summed E-state index contributed by atoms with van der Waals surface area (Å²) in [6.45, 7) is 1.84. The lowest BCUT2D eigenvalue weighted by atomic mass is 9.99. The number of thiophene rings is 1. The summed E-state index contributed by atoms with van der Waals surface area (Å²) in [5, 5.41) is 17.9. The number of rotatable bonds is 7. The largest absolute Gasteiger partial charge is 0.394 e.